The first-order valence-corrected chi connectivity index (χ1v) is 10.6. The fourth-order valence-corrected chi connectivity index (χ4v) is 4.06. The molecule has 1 amide bonds. The number of pyridine rings is 1. The number of hydrogen-bond donors (Lipinski definition) is 1. The zero-order valence-corrected chi connectivity index (χ0v) is 17.9. The number of nitrogens with one attached hydrogen (secondary N) is 1. The van der Waals surface area contributed by atoms with Crippen LogP contribution in [0.25, 0.3) is 27.9 Å². The highest BCUT2D eigenvalue weighted by atomic mass is 35.5. The number of hydrogen-bond acceptors (Lipinski definition) is 4. The van der Waals surface area contributed by atoms with Gasteiger partial charge < -0.3 is 5.32 Å². The van der Waals surface area contributed by atoms with Crippen LogP contribution in [0.1, 0.15) is 5.56 Å². The number of halogens is 2. The number of benzene rings is 2. The maximum Gasteiger partial charge on any atom is 0.248 e. The van der Waals surface area contributed by atoms with Gasteiger partial charge in [0.2, 0.25) is 5.91 Å². The van der Waals surface area contributed by atoms with Crippen molar-refractivity contribution in [3.63, 3.8) is 0 Å². The molecule has 0 spiro atoms. The highest BCUT2D eigenvalue weighted by molar-refractivity contribution is 7.13. The van der Waals surface area contributed by atoms with Crippen LogP contribution < -0.4 is 5.32 Å². The molecule has 0 atom stereocenters. The fourth-order valence-electron chi connectivity index (χ4n) is 2.77. The van der Waals surface area contributed by atoms with Crippen LogP contribution in [0.5, 0.6) is 0 Å². The molecule has 0 aliphatic rings. The molecule has 0 aliphatic carbocycles. The van der Waals surface area contributed by atoms with E-state index in [-0.39, 0.29) is 5.91 Å². The molecule has 0 fully saturated rings. The van der Waals surface area contributed by atoms with Crippen molar-refractivity contribution in [2.75, 3.05) is 5.32 Å². The average Bonchev–Trinajstić information content (AvgIpc) is 3.24. The van der Waals surface area contributed by atoms with Crippen molar-refractivity contribution in [2.45, 2.75) is 0 Å². The Bertz CT molecular complexity index is 1220. The van der Waals surface area contributed by atoms with Crippen LogP contribution >= 0.6 is 34.5 Å². The Kier molecular flexibility index (Phi) is 6.23. The smallest absolute Gasteiger partial charge is 0.248 e. The predicted molar refractivity (Wildman–Crippen MR) is 125 cm³/mol. The first-order chi connectivity index (χ1) is 14.6. The number of thiazole rings is 1. The van der Waals surface area contributed by atoms with Crippen LogP contribution in [-0.2, 0) is 4.79 Å². The predicted octanol–water partition coefficient (Wildman–Crippen LogP) is 6.83. The summed E-state index contributed by atoms with van der Waals surface area (Å²) in [5.41, 5.74) is 4.14. The van der Waals surface area contributed by atoms with E-state index in [4.69, 9.17) is 28.2 Å². The SMILES string of the molecule is O=C(/C=C/c1ccc(Cl)cc1Cl)Nc1cccc(-c2csc(-c3cccnc3)n2)c1. The van der Waals surface area contributed by atoms with Gasteiger partial charge in [-0.25, -0.2) is 4.98 Å². The molecule has 4 rings (SSSR count). The van der Waals surface area contributed by atoms with Crippen LogP contribution in [0.4, 0.5) is 5.69 Å². The molecule has 148 valence electrons. The summed E-state index contributed by atoms with van der Waals surface area (Å²) in [6.45, 7) is 0. The Morgan fingerprint density at radius 2 is 1.90 bits per heavy atom. The molecule has 30 heavy (non-hydrogen) atoms. The third-order valence-corrected chi connectivity index (χ3v) is 5.67. The quantitative estimate of drug-likeness (QED) is 0.338. The van der Waals surface area contributed by atoms with E-state index in [1.807, 2.05) is 41.8 Å². The maximum absolute atomic E-state index is 12.3. The number of carbonyl (C=O) groups excluding carboxylic acids is 1. The summed E-state index contributed by atoms with van der Waals surface area (Å²) in [6, 6.07) is 16.6. The number of aromatic nitrogens is 2. The first kappa shape index (κ1) is 20.3. The van der Waals surface area contributed by atoms with Gasteiger partial charge in [-0.15, -0.1) is 11.3 Å². The minimum absolute atomic E-state index is 0.257. The average molecular weight is 452 g/mol. The summed E-state index contributed by atoms with van der Waals surface area (Å²) in [5.74, 6) is -0.257. The van der Waals surface area contributed by atoms with E-state index in [0.29, 0.717) is 15.7 Å². The second-order valence-electron chi connectivity index (χ2n) is 6.35. The maximum atomic E-state index is 12.3. The largest absolute Gasteiger partial charge is 0.322 e. The van der Waals surface area contributed by atoms with Crippen LogP contribution in [0, 0.1) is 0 Å². The van der Waals surface area contributed by atoms with Crippen LogP contribution in [0.15, 0.2) is 78.4 Å². The topological polar surface area (TPSA) is 54.9 Å². The number of anilines is 1. The highest BCUT2D eigenvalue weighted by Crippen LogP contribution is 2.29. The van der Waals surface area contributed by atoms with Gasteiger partial charge in [-0.05, 0) is 48.0 Å². The molecule has 4 nitrogen and oxygen atoms in total. The van der Waals surface area contributed by atoms with Gasteiger partial charge in [0.1, 0.15) is 5.01 Å². The van der Waals surface area contributed by atoms with Gasteiger partial charge in [0.05, 0.1) is 5.69 Å². The Hall–Kier alpha value is -2.99. The molecule has 0 radical (unpaired) electrons. The number of amides is 1. The lowest BCUT2D eigenvalue weighted by Gasteiger charge is -2.05. The van der Waals surface area contributed by atoms with Gasteiger partial charge in [0.25, 0.3) is 0 Å². The van der Waals surface area contributed by atoms with Crippen molar-refractivity contribution in [3.8, 4) is 21.8 Å². The van der Waals surface area contributed by atoms with Gasteiger partial charge >= 0.3 is 0 Å². The number of carbonyl (C=O) groups is 1. The molecule has 2 aromatic carbocycles. The van der Waals surface area contributed by atoms with E-state index in [9.17, 15) is 4.79 Å². The summed E-state index contributed by atoms with van der Waals surface area (Å²) in [7, 11) is 0. The second kappa shape index (κ2) is 9.22. The monoisotopic (exact) mass is 451 g/mol. The number of nitrogens with zero attached hydrogens (tertiary/aromatic N) is 2. The molecule has 0 bridgehead atoms. The standard InChI is InChI=1S/C23H15Cl2N3OS/c24-18-8-6-15(20(25)12-18)7-9-22(29)27-19-5-1-3-16(11-19)21-14-30-23(28-21)17-4-2-10-26-13-17/h1-14H,(H,27,29)/b9-7+. The third kappa shape index (κ3) is 4.94. The van der Waals surface area contributed by atoms with Crippen LogP contribution in [0.2, 0.25) is 10.0 Å². The lowest BCUT2D eigenvalue weighted by Crippen LogP contribution is -2.07. The van der Waals surface area contributed by atoms with E-state index >= 15 is 0 Å². The van der Waals surface area contributed by atoms with Gasteiger partial charge in [-0.1, -0.05) is 41.4 Å². The molecule has 7 heteroatoms. The minimum atomic E-state index is -0.257. The summed E-state index contributed by atoms with van der Waals surface area (Å²) in [6.07, 6.45) is 6.61. The molecule has 1 N–H and O–H groups in total. The van der Waals surface area contributed by atoms with E-state index in [1.165, 1.54) is 6.08 Å². The second-order valence-corrected chi connectivity index (χ2v) is 8.05. The van der Waals surface area contributed by atoms with Gasteiger partial charge in [-0.2, -0.15) is 0 Å². The molecule has 0 saturated carbocycles. The minimum Gasteiger partial charge on any atom is -0.322 e. The highest BCUT2D eigenvalue weighted by Gasteiger charge is 2.08. The van der Waals surface area contributed by atoms with Crippen molar-refractivity contribution in [1.29, 1.82) is 0 Å². The summed E-state index contributed by atoms with van der Waals surface area (Å²) in [4.78, 5) is 21.1. The van der Waals surface area contributed by atoms with Crippen LogP contribution in [0.3, 0.4) is 0 Å². The third-order valence-electron chi connectivity index (χ3n) is 4.22. The zero-order valence-electron chi connectivity index (χ0n) is 15.5. The van der Waals surface area contributed by atoms with E-state index in [2.05, 4.69) is 10.3 Å². The molecular weight excluding hydrogens is 437 g/mol. The summed E-state index contributed by atoms with van der Waals surface area (Å²) >= 11 is 13.6. The Balaban J connectivity index is 1.48. The molecule has 0 saturated heterocycles. The lowest BCUT2D eigenvalue weighted by molar-refractivity contribution is -0.111. The Labute approximate surface area is 187 Å². The molecular formula is C23H15Cl2N3OS. The lowest BCUT2D eigenvalue weighted by atomic mass is 10.1. The number of rotatable bonds is 5. The van der Waals surface area contributed by atoms with Gasteiger partial charge in [0, 0.05) is 50.7 Å². The summed E-state index contributed by atoms with van der Waals surface area (Å²) in [5, 5.41) is 6.79. The zero-order chi connectivity index (χ0) is 20.9. The molecule has 2 heterocycles. The van der Waals surface area contributed by atoms with Crippen molar-refractivity contribution in [1.82, 2.24) is 9.97 Å². The normalized spacial score (nSPS) is 11.0. The molecule has 4 aromatic rings. The Morgan fingerprint density at radius 1 is 1.03 bits per heavy atom. The van der Waals surface area contributed by atoms with Crippen molar-refractivity contribution in [3.05, 3.63) is 94.1 Å². The molecule has 0 aliphatic heterocycles. The molecule has 0 unspecified atom stereocenters. The van der Waals surface area contributed by atoms with E-state index < -0.39 is 0 Å². The first-order valence-electron chi connectivity index (χ1n) is 8.99. The van der Waals surface area contributed by atoms with Crippen molar-refractivity contribution < 1.29 is 4.79 Å². The van der Waals surface area contributed by atoms with Crippen molar-refractivity contribution in [2.24, 2.45) is 0 Å². The molecule has 2 aromatic heterocycles. The summed E-state index contributed by atoms with van der Waals surface area (Å²) < 4.78 is 0. The van der Waals surface area contributed by atoms with Gasteiger partial charge in [-0.3, -0.25) is 9.78 Å². The fraction of sp³-hybridized carbons (Fsp3) is 0. The van der Waals surface area contributed by atoms with E-state index in [1.54, 1.807) is 48.0 Å². The Morgan fingerprint density at radius 3 is 2.70 bits per heavy atom. The van der Waals surface area contributed by atoms with Crippen molar-refractivity contribution >= 4 is 52.2 Å². The van der Waals surface area contributed by atoms with Gasteiger partial charge in [0.15, 0.2) is 0 Å². The van der Waals surface area contributed by atoms with Crippen LogP contribution in [-0.4, -0.2) is 15.9 Å². The van der Waals surface area contributed by atoms with E-state index in [0.717, 1.165) is 27.4 Å².